The number of terminal acetylenes is 1. The third kappa shape index (κ3) is 3.80. The van der Waals surface area contributed by atoms with Gasteiger partial charge in [0.2, 0.25) is 0 Å². The first-order valence-electron chi connectivity index (χ1n) is 5.25. The highest BCUT2D eigenvalue weighted by atomic mass is 79.9. The summed E-state index contributed by atoms with van der Waals surface area (Å²) in [5.41, 5.74) is -0.289. The summed E-state index contributed by atoms with van der Waals surface area (Å²) in [6, 6.07) is 3.64. The van der Waals surface area contributed by atoms with Crippen molar-refractivity contribution in [1.82, 2.24) is 4.90 Å². The minimum Gasteiger partial charge on any atom is -0.480 e. The van der Waals surface area contributed by atoms with E-state index in [0.29, 0.717) is 4.47 Å². The molecule has 0 spiro atoms. The van der Waals surface area contributed by atoms with Gasteiger partial charge in [-0.3, -0.25) is 19.7 Å². The molecule has 1 aromatic rings. The summed E-state index contributed by atoms with van der Waals surface area (Å²) < 4.78 is 0.320. The topological polar surface area (TPSA) is 101 Å². The van der Waals surface area contributed by atoms with Crippen molar-refractivity contribution in [1.29, 1.82) is 0 Å². The van der Waals surface area contributed by atoms with Crippen LogP contribution in [0.1, 0.15) is 10.4 Å². The van der Waals surface area contributed by atoms with Gasteiger partial charge in [0.15, 0.2) is 0 Å². The highest BCUT2D eigenvalue weighted by Gasteiger charge is 2.22. The van der Waals surface area contributed by atoms with E-state index < -0.39 is 23.3 Å². The molecule has 1 aromatic carbocycles. The summed E-state index contributed by atoms with van der Waals surface area (Å²) in [6.07, 6.45) is 5.08. The van der Waals surface area contributed by atoms with Crippen LogP contribution in [0.25, 0.3) is 0 Å². The van der Waals surface area contributed by atoms with Crippen LogP contribution >= 0.6 is 15.9 Å². The Kier molecular flexibility index (Phi) is 5.23. The van der Waals surface area contributed by atoms with Crippen molar-refractivity contribution >= 4 is 33.5 Å². The van der Waals surface area contributed by atoms with Crippen LogP contribution < -0.4 is 0 Å². The van der Waals surface area contributed by atoms with Gasteiger partial charge >= 0.3 is 5.97 Å². The molecule has 0 aromatic heterocycles. The number of aliphatic carboxylic acids is 1. The van der Waals surface area contributed by atoms with Crippen molar-refractivity contribution < 1.29 is 19.6 Å². The SMILES string of the molecule is C#CCN(CC(=O)O)C(=O)c1cc([N+](=O)[O-])ccc1Br. The third-order valence-electron chi connectivity index (χ3n) is 2.29. The van der Waals surface area contributed by atoms with Crippen LogP contribution in [-0.4, -0.2) is 39.9 Å². The van der Waals surface area contributed by atoms with Crippen LogP contribution in [0.15, 0.2) is 22.7 Å². The van der Waals surface area contributed by atoms with E-state index in [1.807, 2.05) is 0 Å². The highest BCUT2D eigenvalue weighted by Crippen LogP contribution is 2.23. The highest BCUT2D eigenvalue weighted by molar-refractivity contribution is 9.10. The molecule has 0 bridgehead atoms. The fourth-order valence-corrected chi connectivity index (χ4v) is 1.85. The number of carboxylic acids is 1. The Morgan fingerprint density at radius 3 is 2.65 bits per heavy atom. The van der Waals surface area contributed by atoms with E-state index in [1.54, 1.807) is 0 Å². The Balaban J connectivity index is 3.17. The lowest BCUT2D eigenvalue weighted by molar-refractivity contribution is -0.384. The second-order valence-corrected chi connectivity index (χ2v) is 4.53. The molecule has 7 nitrogen and oxygen atoms in total. The summed E-state index contributed by atoms with van der Waals surface area (Å²) in [4.78, 5) is 33.8. The maximum atomic E-state index is 12.2. The number of nitrogens with zero attached hydrogens (tertiary/aromatic N) is 2. The number of non-ortho nitro benzene ring substituents is 1. The average molecular weight is 341 g/mol. The number of amides is 1. The zero-order chi connectivity index (χ0) is 15.3. The van der Waals surface area contributed by atoms with Gasteiger partial charge in [-0.05, 0) is 22.0 Å². The molecule has 0 heterocycles. The van der Waals surface area contributed by atoms with Crippen LogP contribution in [0, 0.1) is 22.5 Å². The van der Waals surface area contributed by atoms with Crippen molar-refractivity contribution in [3.05, 3.63) is 38.3 Å². The second-order valence-electron chi connectivity index (χ2n) is 3.68. The molecule has 0 aliphatic heterocycles. The van der Waals surface area contributed by atoms with Gasteiger partial charge in [0.1, 0.15) is 6.54 Å². The van der Waals surface area contributed by atoms with Gasteiger partial charge in [-0.1, -0.05) is 5.92 Å². The van der Waals surface area contributed by atoms with Crippen LogP contribution in [0.5, 0.6) is 0 Å². The number of halogens is 1. The number of benzene rings is 1. The molecule has 0 unspecified atom stereocenters. The molecule has 104 valence electrons. The minimum atomic E-state index is -1.23. The summed E-state index contributed by atoms with van der Waals surface area (Å²) in [5.74, 6) is 0.253. The second kappa shape index (κ2) is 6.68. The summed E-state index contributed by atoms with van der Waals surface area (Å²) in [6.45, 7) is -0.793. The average Bonchev–Trinajstić information content (AvgIpc) is 2.37. The number of nitro benzene ring substituents is 1. The number of nitro groups is 1. The molecule has 1 rings (SSSR count). The summed E-state index contributed by atoms with van der Waals surface area (Å²) in [7, 11) is 0. The molecule has 8 heteroatoms. The Labute approximate surface area is 122 Å². The number of carbonyl (C=O) groups is 2. The van der Waals surface area contributed by atoms with E-state index in [4.69, 9.17) is 11.5 Å². The van der Waals surface area contributed by atoms with Crippen molar-refractivity contribution in [2.24, 2.45) is 0 Å². The molecular formula is C12H9BrN2O5. The van der Waals surface area contributed by atoms with Crippen LogP contribution in [0.4, 0.5) is 5.69 Å². The normalized spacial score (nSPS) is 9.60. The van der Waals surface area contributed by atoms with Gasteiger partial charge in [-0.2, -0.15) is 0 Å². The molecule has 0 atom stereocenters. The van der Waals surface area contributed by atoms with E-state index in [9.17, 15) is 19.7 Å². The van der Waals surface area contributed by atoms with Crippen molar-refractivity contribution in [2.45, 2.75) is 0 Å². The van der Waals surface area contributed by atoms with Crippen molar-refractivity contribution in [3.8, 4) is 12.3 Å². The number of rotatable bonds is 5. The summed E-state index contributed by atoms with van der Waals surface area (Å²) in [5, 5.41) is 19.4. The molecule has 1 N–H and O–H groups in total. The van der Waals surface area contributed by atoms with E-state index in [1.165, 1.54) is 12.1 Å². The number of hydrogen-bond acceptors (Lipinski definition) is 4. The Hall–Kier alpha value is -2.40. The van der Waals surface area contributed by atoms with E-state index in [-0.39, 0.29) is 17.8 Å². The molecule has 1 amide bonds. The monoisotopic (exact) mass is 340 g/mol. The lowest BCUT2D eigenvalue weighted by atomic mass is 10.1. The first-order chi connectivity index (χ1) is 9.36. The fourth-order valence-electron chi connectivity index (χ4n) is 1.43. The maximum Gasteiger partial charge on any atom is 0.323 e. The fraction of sp³-hybridized carbons (Fsp3) is 0.167. The van der Waals surface area contributed by atoms with Gasteiger partial charge in [-0.25, -0.2) is 0 Å². The predicted molar refractivity (Wildman–Crippen MR) is 73.2 cm³/mol. The lowest BCUT2D eigenvalue weighted by Gasteiger charge is -2.18. The largest absolute Gasteiger partial charge is 0.480 e. The first-order valence-corrected chi connectivity index (χ1v) is 6.04. The van der Waals surface area contributed by atoms with Gasteiger partial charge in [-0.15, -0.1) is 6.42 Å². The molecule has 0 saturated carbocycles. The Bertz CT molecular complexity index is 608. The molecule has 20 heavy (non-hydrogen) atoms. The van der Waals surface area contributed by atoms with Crippen molar-refractivity contribution in [3.63, 3.8) is 0 Å². The van der Waals surface area contributed by atoms with Crippen molar-refractivity contribution in [2.75, 3.05) is 13.1 Å². The van der Waals surface area contributed by atoms with Crippen LogP contribution in [-0.2, 0) is 4.79 Å². The van der Waals surface area contributed by atoms with Crippen LogP contribution in [0.3, 0.4) is 0 Å². The standard InChI is InChI=1S/C12H9BrN2O5/c1-2-5-14(7-11(16)17)12(18)9-6-8(15(19)20)3-4-10(9)13/h1,3-4,6H,5,7H2,(H,16,17). The quantitative estimate of drug-likeness (QED) is 0.497. The third-order valence-corrected chi connectivity index (χ3v) is 2.98. The number of hydrogen-bond donors (Lipinski definition) is 1. The van der Waals surface area contributed by atoms with Crippen LogP contribution in [0.2, 0.25) is 0 Å². The number of carbonyl (C=O) groups excluding carboxylic acids is 1. The van der Waals surface area contributed by atoms with E-state index in [2.05, 4.69) is 21.9 Å². The molecule has 0 fully saturated rings. The first kappa shape index (κ1) is 15.7. The lowest BCUT2D eigenvalue weighted by Crippen LogP contribution is -2.36. The van der Waals surface area contributed by atoms with Gasteiger partial charge in [0, 0.05) is 16.6 Å². The van der Waals surface area contributed by atoms with Gasteiger partial charge in [0.25, 0.3) is 11.6 Å². The minimum absolute atomic E-state index is 0.0179. The molecule has 0 radical (unpaired) electrons. The molecule has 0 aliphatic rings. The van der Waals surface area contributed by atoms with Gasteiger partial charge < -0.3 is 10.0 Å². The summed E-state index contributed by atoms with van der Waals surface area (Å²) >= 11 is 3.10. The van der Waals surface area contributed by atoms with E-state index >= 15 is 0 Å². The van der Waals surface area contributed by atoms with E-state index in [0.717, 1.165) is 11.0 Å². The maximum absolute atomic E-state index is 12.2. The smallest absolute Gasteiger partial charge is 0.323 e. The zero-order valence-corrected chi connectivity index (χ0v) is 11.7. The van der Waals surface area contributed by atoms with Gasteiger partial charge in [0.05, 0.1) is 17.0 Å². The predicted octanol–water partition coefficient (Wildman–Crippen LogP) is 1.52. The Morgan fingerprint density at radius 2 is 2.15 bits per heavy atom. The Morgan fingerprint density at radius 1 is 1.50 bits per heavy atom. The molecule has 0 saturated heterocycles. The zero-order valence-electron chi connectivity index (χ0n) is 10.1. The number of carboxylic acid groups (broad SMARTS) is 1. The molecular weight excluding hydrogens is 332 g/mol. The molecule has 0 aliphatic carbocycles.